The Labute approximate surface area is 129 Å². The predicted molar refractivity (Wildman–Crippen MR) is 82.6 cm³/mol. The van der Waals surface area contributed by atoms with E-state index in [1.165, 1.54) is 0 Å². The van der Waals surface area contributed by atoms with Crippen molar-refractivity contribution in [3.63, 3.8) is 0 Å². The van der Waals surface area contributed by atoms with Crippen molar-refractivity contribution < 1.29 is 4.52 Å². The van der Waals surface area contributed by atoms with Gasteiger partial charge >= 0.3 is 5.69 Å². The van der Waals surface area contributed by atoms with E-state index in [9.17, 15) is 4.79 Å². The van der Waals surface area contributed by atoms with Gasteiger partial charge in [-0.05, 0) is 25.1 Å². The highest BCUT2D eigenvalue weighted by Crippen LogP contribution is 2.23. The molecular formula is C15H12N6O2. The number of hydrogen-bond acceptors (Lipinski definition) is 6. The Balaban J connectivity index is 1.78. The first kappa shape index (κ1) is 13.4. The third kappa shape index (κ3) is 2.20. The lowest BCUT2D eigenvalue weighted by Crippen LogP contribution is -2.14. The van der Waals surface area contributed by atoms with Crippen molar-refractivity contribution in [2.24, 2.45) is 0 Å². The van der Waals surface area contributed by atoms with E-state index in [0.717, 1.165) is 16.6 Å². The first-order valence-corrected chi connectivity index (χ1v) is 7.09. The second-order valence-electron chi connectivity index (χ2n) is 4.92. The number of fused-ring (bicyclic) bond motifs is 1. The maximum Gasteiger partial charge on any atom is 0.326 e. The summed E-state index contributed by atoms with van der Waals surface area (Å²) in [5, 5.41) is 3.97. The van der Waals surface area contributed by atoms with Gasteiger partial charge in [0.15, 0.2) is 0 Å². The molecule has 0 aliphatic heterocycles. The Hall–Kier alpha value is -3.29. The Morgan fingerprint density at radius 2 is 2.22 bits per heavy atom. The average Bonchev–Trinajstić information content (AvgIpc) is 3.18. The van der Waals surface area contributed by atoms with Crippen LogP contribution < -0.4 is 5.69 Å². The number of H-pyrrole nitrogens is 1. The molecule has 3 aromatic heterocycles. The van der Waals surface area contributed by atoms with Gasteiger partial charge in [0.25, 0.3) is 5.89 Å². The second kappa shape index (κ2) is 5.16. The molecule has 0 unspecified atom stereocenters. The van der Waals surface area contributed by atoms with Gasteiger partial charge in [-0.1, -0.05) is 5.16 Å². The van der Waals surface area contributed by atoms with Crippen LogP contribution in [-0.2, 0) is 6.54 Å². The zero-order valence-corrected chi connectivity index (χ0v) is 12.2. The van der Waals surface area contributed by atoms with Crippen LogP contribution in [0.4, 0.5) is 0 Å². The topological polar surface area (TPSA) is 102 Å². The number of aryl methyl sites for hydroxylation is 1. The summed E-state index contributed by atoms with van der Waals surface area (Å²) >= 11 is 0. The summed E-state index contributed by atoms with van der Waals surface area (Å²) in [6, 6.07) is 5.55. The summed E-state index contributed by atoms with van der Waals surface area (Å²) in [5.41, 5.74) is 2.71. The molecule has 0 bridgehead atoms. The van der Waals surface area contributed by atoms with Gasteiger partial charge in [0.05, 0.1) is 17.2 Å². The van der Waals surface area contributed by atoms with Crippen molar-refractivity contribution in [1.82, 2.24) is 29.7 Å². The lowest BCUT2D eigenvalue weighted by molar-refractivity contribution is 0.431. The number of aromatic nitrogens is 6. The van der Waals surface area contributed by atoms with E-state index in [1.807, 2.05) is 25.1 Å². The SMILES string of the molecule is CCn1c(=O)[nH]c2cc(-c3noc(-c4cnccn4)n3)ccc21. The third-order valence-electron chi connectivity index (χ3n) is 3.56. The van der Waals surface area contributed by atoms with Gasteiger partial charge in [-0.25, -0.2) is 9.78 Å². The van der Waals surface area contributed by atoms with E-state index in [1.54, 1.807) is 23.2 Å². The first-order valence-electron chi connectivity index (χ1n) is 7.09. The predicted octanol–water partition coefficient (Wildman–Crippen LogP) is 1.86. The fourth-order valence-electron chi connectivity index (χ4n) is 2.47. The number of nitrogens with zero attached hydrogens (tertiary/aromatic N) is 5. The van der Waals surface area contributed by atoms with Crippen molar-refractivity contribution >= 4 is 11.0 Å². The van der Waals surface area contributed by atoms with Crippen molar-refractivity contribution in [3.05, 3.63) is 47.3 Å². The molecule has 0 aliphatic carbocycles. The standard InChI is InChI=1S/C15H12N6O2/c1-2-21-12-4-3-9(7-10(12)18-15(21)22)13-19-14(23-20-13)11-8-16-5-6-17-11/h3-8H,2H2,1H3,(H,18,22). The smallest absolute Gasteiger partial charge is 0.326 e. The molecule has 0 amide bonds. The molecule has 0 saturated heterocycles. The molecule has 0 atom stereocenters. The summed E-state index contributed by atoms with van der Waals surface area (Å²) in [6.07, 6.45) is 4.69. The van der Waals surface area contributed by atoms with Crippen LogP contribution in [-0.4, -0.2) is 29.7 Å². The van der Waals surface area contributed by atoms with E-state index >= 15 is 0 Å². The minimum atomic E-state index is -0.131. The van der Waals surface area contributed by atoms with Gasteiger partial charge < -0.3 is 9.51 Å². The molecule has 114 valence electrons. The molecule has 0 fully saturated rings. The molecule has 3 heterocycles. The van der Waals surface area contributed by atoms with Gasteiger partial charge in [0.2, 0.25) is 5.82 Å². The molecule has 1 N–H and O–H groups in total. The summed E-state index contributed by atoms with van der Waals surface area (Å²) in [7, 11) is 0. The molecule has 4 rings (SSSR count). The lowest BCUT2D eigenvalue weighted by atomic mass is 10.2. The largest absolute Gasteiger partial charge is 0.332 e. The quantitative estimate of drug-likeness (QED) is 0.619. The number of rotatable bonds is 3. The van der Waals surface area contributed by atoms with Crippen LogP contribution in [0.3, 0.4) is 0 Å². The van der Waals surface area contributed by atoms with Crippen LogP contribution in [0.2, 0.25) is 0 Å². The Kier molecular flexibility index (Phi) is 3.00. The number of aromatic amines is 1. The van der Waals surface area contributed by atoms with Crippen molar-refractivity contribution in [3.8, 4) is 23.0 Å². The molecule has 0 saturated carbocycles. The fraction of sp³-hybridized carbons (Fsp3) is 0.133. The van der Waals surface area contributed by atoms with Gasteiger partial charge in [0.1, 0.15) is 5.69 Å². The zero-order valence-electron chi connectivity index (χ0n) is 12.2. The van der Waals surface area contributed by atoms with Gasteiger partial charge in [-0.2, -0.15) is 4.98 Å². The first-order chi connectivity index (χ1) is 11.3. The minimum Gasteiger partial charge on any atom is -0.332 e. The van der Waals surface area contributed by atoms with Crippen LogP contribution in [0, 0.1) is 0 Å². The monoisotopic (exact) mass is 308 g/mol. The highest BCUT2D eigenvalue weighted by atomic mass is 16.5. The van der Waals surface area contributed by atoms with Gasteiger partial charge in [-0.15, -0.1) is 0 Å². The van der Waals surface area contributed by atoms with E-state index in [2.05, 4.69) is 25.1 Å². The molecule has 8 nitrogen and oxygen atoms in total. The fourth-order valence-corrected chi connectivity index (χ4v) is 2.47. The summed E-state index contributed by atoms with van der Waals surface area (Å²) in [6.45, 7) is 2.53. The molecule has 0 spiro atoms. The Morgan fingerprint density at radius 3 is 3.00 bits per heavy atom. The molecule has 8 heteroatoms. The van der Waals surface area contributed by atoms with Crippen LogP contribution in [0.5, 0.6) is 0 Å². The lowest BCUT2D eigenvalue weighted by Gasteiger charge is -1.98. The van der Waals surface area contributed by atoms with Gasteiger partial charge in [0, 0.05) is 24.5 Å². The van der Waals surface area contributed by atoms with Crippen LogP contribution in [0.25, 0.3) is 34.0 Å². The van der Waals surface area contributed by atoms with E-state index < -0.39 is 0 Å². The average molecular weight is 308 g/mol. The maximum absolute atomic E-state index is 11.8. The normalized spacial score (nSPS) is 11.2. The third-order valence-corrected chi connectivity index (χ3v) is 3.56. The highest BCUT2D eigenvalue weighted by Gasteiger charge is 2.13. The maximum atomic E-state index is 11.8. The molecule has 0 aliphatic rings. The summed E-state index contributed by atoms with van der Waals surface area (Å²) < 4.78 is 6.89. The highest BCUT2D eigenvalue weighted by molar-refractivity contribution is 5.80. The van der Waals surface area contributed by atoms with Crippen molar-refractivity contribution in [2.75, 3.05) is 0 Å². The van der Waals surface area contributed by atoms with E-state index in [4.69, 9.17) is 4.52 Å². The Morgan fingerprint density at radius 1 is 1.30 bits per heavy atom. The van der Waals surface area contributed by atoms with Crippen molar-refractivity contribution in [1.29, 1.82) is 0 Å². The minimum absolute atomic E-state index is 0.131. The molecule has 23 heavy (non-hydrogen) atoms. The molecule has 1 aromatic carbocycles. The van der Waals surface area contributed by atoms with Crippen LogP contribution in [0.15, 0.2) is 46.1 Å². The van der Waals surface area contributed by atoms with Crippen LogP contribution in [0.1, 0.15) is 6.92 Å². The Bertz CT molecular complexity index is 1030. The number of imidazole rings is 1. The molecular weight excluding hydrogens is 296 g/mol. The van der Waals surface area contributed by atoms with Crippen molar-refractivity contribution in [2.45, 2.75) is 13.5 Å². The zero-order chi connectivity index (χ0) is 15.8. The van der Waals surface area contributed by atoms with E-state index in [0.29, 0.717) is 24.0 Å². The number of nitrogens with one attached hydrogen (secondary N) is 1. The molecule has 0 radical (unpaired) electrons. The summed E-state index contributed by atoms with van der Waals surface area (Å²) in [4.78, 5) is 27.1. The van der Waals surface area contributed by atoms with Crippen LogP contribution >= 0.6 is 0 Å². The molecule has 4 aromatic rings. The number of hydrogen-bond donors (Lipinski definition) is 1. The number of benzene rings is 1. The second-order valence-corrected chi connectivity index (χ2v) is 4.92. The van der Waals surface area contributed by atoms with E-state index in [-0.39, 0.29) is 5.69 Å². The summed E-state index contributed by atoms with van der Waals surface area (Å²) in [5.74, 6) is 0.727. The van der Waals surface area contributed by atoms with Gasteiger partial charge in [-0.3, -0.25) is 9.55 Å².